The summed E-state index contributed by atoms with van der Waals surface area (Å²) in [6.45, 7) is 4.55. The van der Waals surface area contributed by atoms with Crippen molar-refractivity contribution in [3.05, 3.63) is 95.6 Å². The third-order valence-corrected chi connectivity index (χ3v) is 6.19. The van der Waals surface area contributed by atoms with Gasteiger partial charge in [0, 0.05) is 11.8 Å². The van der Waals surface area contributed by atoms with Gasteiger partial charge in [0.25, 0.3) is 5.91 Å². The summed E-state index contributed by atoms with van der Waals surface area (Å²) in [7, 11) is -3.26. The van der Waals surface area contributed by atoms with Gasteiger partial charge < -0.3 is 10.1 Å². The molecule has 0 saturated carbocycles. The van der Waals surface area contributed by atoms with E-state index in [1.165, 1.54) is 6.26 Å². The molecular formula is C26H29NO4S. The second kappa shape index (κ2) is 10.5. The topological polar surface area (TPSA) is 72.5 Å². The molecule has 0 spiro atoms. The van der Waals surface area contributed by atoms with Crippen molar-refractivity contribution in [3.8, 4) is 5.75 Å². The van der Waals surface area contributed by atoms with Crippen LogP contribution >= 0.6 is 0 Å². The first-order valence-corrected chi connectivity index (χ1v) is 12.5. The fourth-order valence-electron chi connectivity index (χ4n) is 3.42. The van der Waals surface area contributed by atoms with Crippen LogP contribution in [0.2, 0.25) is 0 Å². The fraction of sp³-hybridized carbons (Fsp3) is 0.269. The predicted molar refractivity (Wildman–Crippen MR) is 126 cm³/mol. The molecule has 0 saturated heterocycles. The lowest BCUT2D eigenvalue weighted by atomic mass is 9.96. The molecule has 1 N–H and O–H groups in total. The van der Waals surface area contributed by atoms with E-state index >= 15 is 0 Å². The normalized spacial score (nSPS) is 12.4. The van der Waals surface area contributed by atoms with Gasteiger partial charge in [0.05, 0.1) is 10.9 Å². The van der Waals surface area contributed by atoms with Gasteiger partial charge in [-0.15, -0.1) is 0 Å². The Bertz CT molecular complexity index is 1140. The van der Waals surface area contributed by atoms with Gasteiger partial charge in [0.2, 0.25) is 0 Å². The van der Waals surface area contributed by atoms with Gasteiger partial charge in [0.1, 0.15) is 12.4 Å². The lowest BCUT2D eigenvalue weighted by Gasteiger charge is -2.22. The second-order valence-corrected chi connectivity index (χ2v) is 10.3. The van der Waals surface area contributed by atoms with Crippen LogP contribution in [0.1, 0.15) is 47.8 Å². The molecule has 1 atom stereocenters. The molecule has 3 aromatic rings. The number of rotatable bonds is 9. The Hall–Kier alpha value is -3.12. The molecule has 0 heterocycles. The Morgan fingerprint density at radius 1 is 0.938 bits per heavy atom. The molecule has 5 nitrogen and oxygen atoms in total. The highest BCUT2D eigenvalue weighted by atomic mass is 32.2. The van der Waals surface area contributed by atoms with E-state index in [0.29, 0.717) is 18.1 Å². The average Bonchev–Trinajstić information content (AvgIpc) is 2.77. The Labute approximate surface area is 190 Å². The first kappa shape index (κ1) is 23.5. The van der Waals surface area contributed by atoms with Crippen molar-refractivity contribution >= 4 is 15.7 Å². The van der Waals surface area contributed by atoms with Crippen molar-refractivity contribution in [3.63, 3.8) is 0 Å². The van der Waals surface area contributed by atoms with Crippen LogP contribution in [0.3, 0.4) is 0 Å². The number of amides is 1. The second-order valence-electron chi connectivity index (χ2n) is 8.30. The molecule has 0 aliphatic heterocycles. The first-order valence-electron chi connectivity index (χ1n) is 10.6. The van der Waals surface area contributed by atoms with Gasteiger partial charge >= 0.3 is 0 Å². The molecule has 1 unspecified atom stereocenters. The zero-order valence-electron chi connectivity index (χ0n) is 18.6. The summed E-state index contributed by atoms with van der Waals surface area (Å²) in [5.41, 5.74) is 2.34. The van der Waals surface area contributed by atoms with Gasteiger partial charge in [-0.3, -0.25) is 4.79 Å². The number of ether oxygens (including phenoxy) is 1. The third kappa shape index (κ3) is 6.69. The van der Waals surface area contributed by atoms with E-state index in [4.69, 9.17) is 4.74 Å². The van der Waals surface area contributed by atoms with Crippen LogP contribution in [-0.4, -0.2) is 20.6 Å². The van der Waals surface area contributed by atoms with Gasteiger partial charge in [-0.2, -0.15) is 0 Å². The molecule has 6 heteroatoms. The van der Waals surface area contributed by atoms with E-state index in [1.54, 1.807) is 30.3 Å². The number of nitrogens with one attached hydrogen (secondary N) is 1. The van der Waals surface area contributed by atoms with Crippen LogP contribution < -0.4 is 10.1 Å². The van der Waals surface area contributed by atoms with Crippen molar-refractivity contribution in [1.82, 2.24) is 5.32 Å². The van der Waals surface area contributed by atoms with Crippen LogP contribution in [0, 0.1) is 5.92 Å². The number of carbonyl (C=O) groups excluding carboxylic acids is 1. The summed E-state index contributed by atoms with van der Waals surface area (Å²) >= 11 is 0. The van der Waals surface area contributed by atoms with Crippen molar-refractivity contribution in [1.29, 1.82) is 0 Å². The summed E-state index contributed by atoms with van der Waals surface area (Å²) < 4.78 is 29.3. The summed E-state index contributed by atoms with van der Waals surface area (Å²) in [5.74, 6) is 0.946. The van der Waals surface area contributed by atoms with Crippen molar-refractivity contribution in [2.45, 2.75) is 37.8 Å². The minimum Gasteiger partial charge on any atom is -0.489 e. The molecule has 3 rings (SSSR count). The number of carbonyl (C=O) groups is 1. The Morgan fingerprint density at radius 2 is 1.62 bits per heavy atom. The third-order valence-electron chi connectivity index (χ3n) is 5.06. The van der Waals surface area contributed by atoms with E-state index in [9.17, 15) is 13.2 Å². The maximum atomic E-state index is 13.0. The zero-order valence-corrected chi connectivity index (χ0v) is 19.4. The zero-order chi connectivity index (χ0) is 23.1. The minimum atomic E-state index is -3.26. The molecule has 32 heavy (non-hydrogen) atoms. The highest BCUT2D eigenvalue weighted by molar-refractivity contribution is 7.90. The SMILES string of the molecule is CC(C)CC(NC(=O)c1cccc(COc2ccccc2)c1)c1ccc(S(C)(=O)=O)cc1. The number of benzene rings is 3. The van der Waals surface area contributed by atoms with Crippen LogP contribution in [-0.2, 0) is 16.4 Å². The van der Waals surface area contributed by atoms with E-state index in [0.717, 1.165) is 23.3 Å². The quantitative estimate of drug-likeness (QED) is 0.486. The highest BCUT2D eigenvalue weighted by Crippen LogP contribution is 2.24. The molecule has 0 aliphatic rings. The van der Waals surface area contributed by atoms with Gasteiger partial charge in [0.15, 0.2) is 9.84 Å². The van der Waals surface area contributed by atoms with Crippen LogP contribution in [0.25, 0.3) is 0 Å². The number of sulfone groups is 1. The first-order chi connectivity index (χ1) is 15.2. The Balaban J connectivity index is 1.73. The number of para-hydroxylation sites is 1. The molecule has 0 bridgehead atoms. The molecule has 0 radical (unpaired) electrons. The van der Waals surface area contributed by atoms with Gasteiger partial charge in [-0.1, -0.05) is 56.3 Å². The van der Waals surface area contributed by atoms with E-state index in [2.05, 4.69) is 19.2 Å². The largest absolute Gasteiger partial charge is 0.489 e. The van der Waals surface area contributed by atoms with Gasteiger partial charge in [-0.25, -0.2) is 8.42 Å². The number of hydrogen-bond acceptors (Lipinski definition) is 4. The molecule has 3 aromatic carbocycles. The van der Waals surface area contributed by atoms with Crippen LogP contribution in [0.4, 0.5) is 0 Å². The summed E-state index contributed by atoms with van der Waals surface area (Å²) in [4.78, 5) is 13.3. The predicted octanol–water partition coefficient (Wildman–Crippen LogP) is 5.19. The van der Waals surface area contributed by atoms with Crippen molar-refractivity contribution < 1.29 is 17.9 Å². The molecule has 0 aliphatic carbocycles. The summed E-state index contributed by atoms with van der Waals surface area (Å²) in [5, 5.41) is 3.11. The molecular weight excluding hydrogens is 422 g/mol. The van der Waals surface area contributed by atoms with Crippen LogP contribution in [0.15, 0.2) is 83.8 Å². The molecule has 0 fully saturated rings. The maximum absolute atomic E-state index is 13.0. The summed E-state index contributed by atoms with van der Waals surface area (Å²) in [6, 6.07) is 23.4. The minimum absolute atomic E-state index is 0.176. The Morgan fingerprint density at radius 3 is 2.25 bits per heavy atom. The highest BCUT2D eigenvalue weighted by Gasteiger charge is 2.18. The van der Waals surface area contributed by atoms with Crippen molar-refractivity contribution in [2.24, 2.45) is 5.92 Å². The van der Waals surface area contributed by atoms with E-state index in [1.807, 2.05) is 48.5 Å². The van der Waals surface area contributed by atoms with Gasteiger partial charge in [-0.05, 0) is 59.9 Å². The van der Waals surface area contributed by atoms with E-state index < -0.39 is 9.84 Å². The van der Waals surface area contributed by atoms with Crippen LogP contribution in [0.5, 0.6) is 5.75 Å². The molecule has 168 valence electrons. The van der Waals surface area contributed by atoms with E-state index in [-0.39, 0.29) is 16.8 Å². The lowest BCUT2D eigenvalue weighted by Crippen LogP contribution is -2.29. The Kier molecular flexibility index (Phi) is 7.70. The maximum Gasteiger partial charge on any atom is 0.251 e. The average molecular weight is 452 g/mol. The smallest absolute Gasteiger partial charge is 0.251 e. The number of hydrogen-bond donors (Lipinski definition) is 1. The fourth-order valence-corrected chi connectivity index (χ4v) is 4.05. The molecule has 0 aromatic heterocycles. The van der Waals surface area contributed by atoms with Crippen molar-refractivity contribution in [2.75, 3.05) is 6.26 Å². The monoisotopic (exact) mass is 451 g/mol. The lowest BCUT2D eigenvalue weighted by molar-refractivity contribution is 0.0931. The standard InChI is InChI=1S/C26H29NO4S/c1-19(2)16-25(21-12-14-24(15-13-21)32(3,29)30)27-26(28)22-9-7-8-20(17-22)18-31-23-10-5-4-6-11-23/h4-15,17,19,25H,16,18H2,1-3H3,(H,27,28). The molecule has 1 amide bonds. The summed E-state index contributed by atoms with van der Waals surface area (Å²) in [6.07, 6.45) is 1.92.